The van der Waals surface area contributed by atoms with Crippen LogP contribution in [0.5, 0.6) is 0 Å². The average molecular weight is 447 g/mol. The second kappa shape index (κ2) is 9.87. The molecule has 6 heteroatoms. The Kier molecular flexibility index (Phi) is 6.94. The molecule has 1 aliphatic carbocycles. The van der Waals surface area contributed by atoms with Crippen molar-refractivity contribution in [2.45, 2.75) is 64.8 Å². The maximum atomic E-state index is 12.0. The Morgan fingerprint density at radius 3 is 2.58 bits per heavy atom. The fourth-order valence-corrected chi connectivity index (χ4v) is 4.54. The molecule has 0 unspecified atom stereocenters. The second-order valence-electron chi connectivity index (χ2n) is 9.89. The molecule has 6 nitrogen and oxygen atoms in total. The Balaban J connectivity index is 1.26. The molecule has 2 aromatic heterocycles. The number of rotatable bonds is 9. The Morgan fingerprint density at radius 1 is 1.09 bits per heavy atom. The molecule has 0 spiro atoms. The van der Waals surface area contributed by atoms with Gasteiger partial charge in [0.1, 0.15) is 5.69 Å². The highest BCUT2D eigenvalue weighted by Crippen LogP contribution is 2.34. The van der Waals surface area contributed by atoms with E-state index < -0.39 is 5.97 Å². The van der Waals surface area contributed by atoms with Crippen LogP contribution in [0.4, 0.5) is 0 Å². The van der Waals surface area contributed by atoms with Gasteiger partial charge in [-0.15, -0.1) is 0 Å². The number of aryl methyl sites for hydroxylation is 3. The van der Waals surface area contributed by atoms with E-state index in [1.807, 2.05) is 12.3 Å². The number of pyridine rings is 1. The first-order valence-electron chi connectivity index (χ1n) is 11.9. The minimum atomic E-state index is -0.897. The molecule has 0 radical (unpaired) electrons. The largest absolute Gasteiger partial charge is 0.477 e. The van der Waals surface area contributed by atoms with E-state index in [0.29, 0.717) is 18.7 Å². The normalized spacial score (nSPS) is 12.9. The van der Waals surface area contributed by atoms with Crippen LogP contribution in [-0.2, 0) is 31.2 Å². The molecular formula is C27H34N4O2. The summed E-state index contributed by atoms with van der Waals surface area (Å²) in [4.78, 5) is 16.2. The van der Waals surface area contributed by atoms with E-state index in [1.165, 1.54) is 11.1 Å². The Labute approximate surface area is 196 Å². The second-order valence-corrected chi connectivity index (χ2v) is 9.89. The Bertz CT molecular complexity index is 1110. The number of nitrogens with zero attached hydrogens (tertiary/aromatic N) is 3. The van der Waals surface area contributed by atoms with E-state index in [2.05, 4.69) is 55.3 Å². The first-order chi connectivity index (χ1) is 15.8. The zero-order chi connectivity index (χ0) is 23.4. The van der Waals surface area contributed by atoms with Gasteiger partial charge in [0.05, 0.1) is 5.69 Å². The summed E-state index contributed by atoms with van der Waals surface area (Å²) < 4.78 is 1.68. The monoisotopic (exact) mass is 446 g/mol. The fraction of sp³-hybridized carbons (Fsp3) is 0.444. The first kappa shape index (κ1) is 23.2. The summed E-state index contributed by atoms with van der Waals surface area (Å²) in [5.41, 5.74) is 7.08. The molecule has 33 heavy (non-hydrogen) atoms. The van der Waals surface area contributed by atoms with Crippen LogP contribution in [0.15, 0.2) is 42.7 Å². The zero-order valence-electron chi connectivity index (χ0n) is 19.9. The summed E-state index contributed by atoms with van der Waals surface area (Å²) >= 11 is 0. The lowest BCUT2D eigenvalue weighted by molar-refractivity contribution is 0.0681. The smallest absolute Gasteiger partial charge is 0.354 e. The van der Waals surface area contributed by atoms with E-state index in [4.69, 9.17) is 5.10 Å². The molecule has 1 aliphatic rings. The van der Waals surface area contributed by atoms with Gasteiger partial charge in [0.25, 0.3) is 0 Å². The third-order valence-corrected chi connectivity index (χ3v) is 6.42. The molecule has 2 heterocycles. The van der Waals surface area contributed by atoms with Crippen molar-refractivity contribution in [3.63, 3.8) is 0 Å². The SMILES string of the molecule is CC(C)(C)c1ccc(CCCNCCCn2nc3c(c2C(=O)O)CCc2cnccc2-3)cc1. The van der Waals surface area contributed by atoms with Crippen molar-refractivity contribution in [1.29, 1.82) is 0 Å². The molecular weight excluding hydrogens is 412 g/mol. The van der Waals surface area contributed by atoms with E-state index in [0.717, 1.165) is 61.2 Å². The number of fused-ring (bicyclic) bond motifs is 3. The number of benzene rings is 1. The highest BCUT2D eigenvalue weighted by atomic mass is 16.4. The summed E-state index contributed by atoms with van der Waals surface area (Å²) in [6, 6.07) is 10.9. The van der Waals surface area contributed by atoms with E-state index in [9.17, 15) is 9.90 Å². The summed E-state index contributed by atoms with van der Waals surface area (Å²) in [5, 5.41) is 18.0. The molecule has 0 bridgehead atoms. The minimum Gasteiger partial charge on any atom is -0.477 e. The van der Waals surface area contributed by atoms with Crippen molar-refractivity contribution in [3.8, 4) is 11.3 Å². The van der Waals surface area contributed by atoms with Crippen molar-refractivity contribution in [2.75, 3.05) is 13.1 Å². The van der Waals surface area contributed by atoms with Crippen LogP contribution >= 0.6 is 0 Å². The molecule has 0 fully saturated rings. The lowest BCUT2D eigenvalue weighted by Gasteiger charge is -2.19. The number of carbonyl (C=O) groups is 1. The fourth-order valence-electron chi connectivity index (χ4n) is 4.54. The van der Waals surface area contributed by atoms with Crippen molar-refractivity contribution < 1.29 is 9.90 Å². The number of aromatic nitrogens is 3. The number of hydrogen-bond acceptors (Lipinski definition) is 4. The topological polar surface area (TPSA) is 80.0 Å². The lowest BCUT2D eigenvalue weighted by Crippen LogP contribution is -2.20. The van der Waals surface area contributed by atoms with Gasteiger partial charge < -0.3 is 10.4 Å². The predicted molar refractivity (Wildman–Crippen MR) is 131 cm³/mol. The van der Waals surface area contributed by atoms with Gasteiger partial charge in [-0.1, -0.05) is 45.0 Å². The maximum Gasteiger partial charge on any atom is 0.354 e. The quantitative estimate of drug-likeness (QED) is 0.468. The third kappa shape index (κ3) is 5.33. The number of aromatic carboxylic acids is 1. The molecule has 0 saturated heterocycles. The van der Waals surface area contributed by atoms with Gasteiger partial charge in [-0.2, -0.15) is 5.10 Å². The lowest BCUT2D eigenvalue weighted by atomic mass is 9.86. The Morgan fingerprint density at radius 2 is 1.85 bits per heavy atom. The molecule has 0 saturated carbocycles. The van der Waals surface area contributed by atoms with Gasteiger partial charge in [-0.3, -0.25) is 9.67 Å². The molecule has 0 aliphatic heterocycles. The maximum absolute atomic E-state index is 12.0. The van der Waals surface area contributed by atoms with Crippen LogP contribution in [0.2, 0.25) is 0 Å². The van der Waals surface area contributed by atoms with Crippen molar-refractivity contribution in [3.05, 3.63) is 70.7 Å². The average Bonchev–Trinajstić information content (AvgIpc) is 3.17. The van der Waals surface area contributed by atoms with Gasteiger partial charge in [0.15, 0.2) is 0 Å². The number of hydrogen-bond donors (Lipinski definition) is 2. The van der Waals surface area contributed by atoms with Crippen molar-refractivity contribution >= 4 is 5.97 Å². The van der Waals surface area contributed by atoms with Crippen molar-refractivity contribution in [1.82, 2.24) is 20.1 Å². The van der Waals surface area contributed by atoms with Gasteiger partial charge in [-0.25, -0.2) is 4.79 Å². The standard InChI is InChI=1S/C27H34N4O2/c1-27(2,3)21-10-7-19(8-11-21)6-4-14-28-15-5-17-31-25(26(32)33)23-12-9-20-18-29-16-13-22(20)24(23)30-31/h7-8,10-11,13,16,18,28H,4-6,9,12,14-15,17H2,1-3H3,(H,32,33). The molecule has 4 rings (SSSR count). The Hall–Kier alpha value is -2.99. The summed E-state index contributed by atoms with van der Waals surface area (Å²) in [7, 11) is 0. The number of carboxylic acid groups (broad SMARTS) is 1. The zero-order valence-corrected chi connectivity index (χ0v) is 19.9. The van der Waals surface area contributed by atoms with Crippen LogP contribution < -0.4 is 5.32 Å². The summed E-state index contributed by atoms with van der Waals surface area (Å²) in [5.74, 6) is -0.897. The molecule has 1 aromatic carbocycles. The van der Waals surface area contributed by atoms with E-state index >= 15 is 0 Å². The van der Waals surface area contributed by atoms with Crippen LogP contribution in [0, 0.1) is 0 Å². The molecule has 174 valence electrons. The van der Waals surface area contributed by atoms with Gasteiger partial charge in [0.2, 0.25) is 0 Å². The highest BCUT2D eigenvalue weighted by molar-refractivity contribution is 5.90. The minimum absolute atomic E-state index is 0.190. The molecule has 3 aromatic rings. The van der Waals surface area contributed by atoms with Crippen LogP contribution in [-0.4, -0.2) is 38.9 Å². The van der Waals surface area contributed by atoms with Crippen molar-refractivity contribution in [2.24, 2.45) is 0 Å². The van der Waals surface area contributed by atoms with Crippen LogP contribution in [0.1, 0.15) is 66.4 Å². The third-order valence-electron chi connectivity index (χ3n) is 6.42. The van der Waals surface area contributed by atoms with Gasteiger partial charge in [-0.05, 0) is 73.4 Å². The van der Waals surface area contributed by atoms with Gasteiger partial charge in [0, 0.05) is 30.1 Å². The van der Waals surface area contributed by atoms with E-state index in [1.54, 1.807) is 10.9 Å². The van der Waals surface area contributed by atoms with Crippen LogP contribution in [0.25, 0.3) is 11.3 Å². The van der Waals surface area contributed by atoms with Crippen LogP contribution in [0.3, 0.4) is 0 Å². The van der Waals surface area contributed by atoms with E-state index in [-0.39, 0.29) is 5.41 Å². The molecule has 0 atom stereocenters. The molecule has 2 N–H and O–H groups in total. The van der Waals surface area contributed by atoms with Gasteiger partial charge >= 0.3 is 5.97 Å². The highest BCUT2D eigenvalue weighted by Gasteiger charge is 2.27. The summed E-state index contributed by atoms with van der Waals surface area (Å²) in [6.45, 7) is 9.09. The first-order valence-corrected chi connectivity index (χ1v) is 11.9. The summed E-state index contributed by atoms with van der Waals surface area (Å²) in [6.07, 6.45) is 8.09. The number of carboxylic acids is 1. The number of nitrogens with one attached hydrogen (secondary N) is 1. The molecule has 0 amide bonds. The predicted octanol–water partition coefficient (Wildman–Crippen LogP) is 4.65.